The van der Waals surface area contributed by atoms with Crippen LogP contribution in [0.1, 0.15) is 31.2 Å². The van der Waals surface area contributed by atoms with Crippen LogP contribution in [0.5, 0.6) is 0 Å². The first kappa shape index (κ1) is 24.7. The number of unbranched alkanes of at least 4 members (excludes halogenated alkanes) is 1. The number of rotatable bonds is 7. The van der Waals surface area contributed by atoms with E-state index >= 15 is 0 Å². The van der Waals surface area contributed by atoms with Gasteiger partial charge in [0.25, 0.3) is 0 Å². The van der Waals surface area contributed by atoms with Gasteiger partial charge < -0.3 is 19.9 Å². The maximum Gasteiger partial charge on any atom is 0.193 e. The molecule has 0 radical (unpaired) electrons. The van der Waals surface area contributed by atoms with Crippen molar-refractivity contribution < 1.29 is 4.74 Å². The molecule has 1 N–H and O–H groups in total. The van der Waals surface area contributed by atoms with Gasteiger partial charge in [-0.3, -0.25) is 9.89 Å². The molecule has 0 amide bonds. The molecule has 31 heavy (non-hydrogen) atoms. The monoisotopic (exact) mass is 541 g/mol. The second-order valence-electron chi connectivity index (χ2n) is 9.26. The molecule has 1 spiro atoms. The molecule has 6 nitrogen and oxygen atoms in total. The maximum atomic E-state index is 5.66. The Labute approximate surface area is 205 Å². The zero-order chi connectivity index (χ0) is 20.7. The van der Waals surface area contributed by atoms with Crippen molar-refractivity contribution in [2.45, 2.75) is 32.2 Å². The van der Waals surface area contributed by atoms with E-state index < -0.39 is 0 Å². The summed E-state index contributed by atoms with van der Waals surface area (Å²) in [4.78, 5) is 12.2. The van der Waals surface area contributed by atoms with E-state index in [-0.39, 0.29) is 24.0 Å². The number of aliphatic imine (C=N–C) groups is 1. The van der Waals surface area contributed by atoms with E-state index in [2.05, 4.69) is 55.3 Å². The van der Waals surface area contributed by atoms with Gasteiger partial charge in [-0.05, 0) is 37.8 Å². The molecule has 174 valence electrons. The average molecular weight is 542 g/mol. The zero-order valence-corrected chi connectivity index (χ0v) is 21.4. The zero-order valence-electron chi connectivity index (χ0n) is 19.1. The summed E-state index contributed by atoms with van der Waals surface area (Å²) in [6.07, 6.45) is 4.90. The summed E-state index contributed by atoms with van der Waals surface area (Å²) in [5.41, 5.74) is 1.81. The molecule has 0 saturated carbocycles. The van der Waals surface area contributed by atoms with E-state index in [4.69, 9.17) is 4.74 Å². The molecular formula is C24H40IN5O. The fourth-order valence-corrected chi connectivity index (χ4v) is 5.09. The fraction of sp³-hybridized carbons (Fsp3) is 0.708. The molecule has 3 heterocycles. The third-order valence-corrected chi connectivity index (χ3v) is 7.03. The Morgan fingerprint density at radius 3 is 2.52 bits per heavy atom. The van der Waals surface area contributed by atoms with E-state index in [9.17, 15) is 0 Å². The number of nitrogens with zero attached hydrogens (tertiary/aromatic N) is 4. The van der Waals surface area contributed by atoms with Gasteiger partial charge in [0.15, 0.2) is 5.96 Å². The number of hydrogen-bond donors (Lipinski definition) is 1. The molecule has 3 aliphatic heterocycles. The van der Waals surface area contributed by atoms with Crippen LogP contribution in [0.15, 0.2) is 35.3 Å². The van der Waals surface area contributed by atoms with Gasteiger partial charge in [-0.15, -0.1) is 24.0 Å². The van der Waals surface area contributed by atoms with Crippen LogP contribution in [-0.4, -0.2) is 93.3 Å². The minimum Gasteiger partial charge on any atom is -0.381 e. The van der Waals surface area contributed by atoms with Crippen LogP contribution in [0.25, 0.3) is 0 Å². The van der Waals surface area contributed by atoms with Gasteiger partial charge in [0.1, 0.15) is 0 Å². The molecule has 7 heteroatoms. The van der Waals surface area contributed by atoms with E-state index in [1.807, 2.05) is 7.05 Å². The van der Waals surface area contributed by atoms with Gasteiger partial charge in [0.2, 0.25) is 0 Å². The summed E-state index contributed by atoms with van der Waals surface area (Å²) in [6, 6.07) is 10.8. The second kappa shape index (κ2) is 12.4. The summed E-state index contributed by atoms with van der Waals surface area (Å²) < 4.78 is 5.66. The van der Waals surface area contributed by atoms with Crippen LogP contribution in [0.4, 0.5) is 0 Å². The third-order valence-electron chi connectivity index (χ3n) is 7.03. The summed E-state index contributed by atoms with van der Waals surface area (Å²) in [7, 11) is 1.91. The molecule has 3 aliphatic rings. The van der Waals surface area contributed by atoms with Gasteiger partial charge in [0, 0.05) is 71.4 Å². The van der Waals surface area contributed by atoms with Gasteiger partial charge in [-0.2, -0.15) is 0 Å². The molecular weight excluding hydrogens is 501 g/mol. The minimum atomic E-state index is 0. The van der Waals surface area contributed by atoms with Crippen LogP contribution in [0, 0.1) is 5.41 Å². The predicted octanol–water partition coefficient (Wildman–Crippen LogP) is 2.89. The minimum absolute atomic E-state index is 0. The van der Waals surface area contributed by atoms with Crippen molar-refractivity contribution in [3.63, 3.8) is 0 Å². The molecule has 0 aromatic heterocycles. The van der Waals surface area contributed by atoms with Gasteiger partial charge in [0.05, 0.1) is 6.61 Å². The topological polar surface area (TPSA) is 43.3 Å². The van der Waals surface area contributed by atoms with Crippen molar-refractivity contribution >= 4 is 29.9 Å². The quantitative estimate of drug-likeness (QED) is 0.249. The number of benzene rings is 1. The lowest BCUT2D eigenvalue weighted by Crippen LogP contribution is -2.46. The van der Waals surface area contributed by atoms with Gasteiger partial charge in [-0.25, -0.2) is 0 Å². The van der Waals surface area contributed by atoms with E-state index in [0.29, 0.717) is 5.41 Å². The molecule has 3 fully saturated rings. The van der Waals surface area contributed by atoms with Gasteiger partial charge in [-0.1, -0.05) is 30.3 Å². The molecule has 1 aromatic rings. The Kier molecular flexibility index (Phi) is 9.87. The highest BCUT2D eigenvalue weighted by atomic mass is 127. The highest BCUT2D eigenvalue weighted by molar-refractivity contribution is 14.0. The molecule has 0 aliphatic carbocycles. The summed E-state index contributed by atoms with van der Waals surface area (Å²) in [6.45, 7) is 12.1. The second-order valence-corrected chi connectivity index (χ2v) is 9.26. The van der Waals surface area contributed by atoms with E-state index in [0.717, 1.165) is 45.4 Å². The molecule has 0 bridgehead atoms. The fourth-order valence-electron chi connectivity index (χ4n) is 5.09. The molecule has 1 atom stereocenters. The van der Waals surface area contributed by atoms with Crippen molar-refractivity contribution in [1.29, 1.82) is 0 Å². The number of piperazine rings is 1. The molecule has 3 saturated heterocycles. The van der Waals surface area contributed by atoms with Crippen LogP contribution in [0.3, 0.4) is 0 Å². The SMILES string of the molecule is CN=C(NCCCCN1CCN(Cc2ccccc2)CC1)N1CCC2(CCOC2)C1.I. The Balaban J connectivity index is 0.00000272. The Morgan fingerprint density at radius 1 is 1.03 bits per heavy atom. The summed E-state index contributed by atoms with van der Waals surface area (Å²) in [5, 5.41) is 3.60. The van der Waals surface area contributed by atoms with E-state index in [1.54, 1.807) is 0 Å². The number of likely N-dealkylation sites (tertiary alicyclic amines) is 1. The molecule has 1 unspecified atom stereocenters. The van der Waals surface area contributed by atoms with Crippen molar-refractivity contribution in [1.82, 2.24) is 20.0 Å². The highest BCUT2D eigenvalue weighted by Gasteiger charge is 2.42. The van der Waals surface area contributed by atoms with Crippen LogP contribution >= 0.6 is 24.0 Å². The molecule has 4 rings (SSSR count). The highest BCUT2D eigenvalue weighted by Crippen LogP contribution is 2.38. The number of halogens is 1. The first-order valence-electron chi connectivity index (χ1n) is 11.8. The summed E-state index contributed by atoms with van der Waals surface area (Å²) >= 11 is 0. The van der Waals surface area contributed by atoms with E-state index in [1.165, 1.54) is 64.0 Å². The lowest BCUT2D eigenvalue weighted by Gasteiger charge is -2.34. The van der Waals surface area contributed by atoms with Crippen molar-refractivity contribution in [3.05, 3.63) is 35.9 Å². The van der Waals surface area contributed by atoms with Gasteiger partial charge >= 0.3 is 0 Å². The molecule has 1 aromatic carbocycles. The van der Waals surface area contributed by atoms with Crippen molar-refractivity contribution in [2.24, 2.45) is 10.4 Å². The van der Waals surface area contributed by atoms with Crippen LogP contribution < -0.4 is 5.32 Å². The first-order chi connectivity index (χ1) is 14.8. The third kappa shape index (κ3) is 7.04. The normalized spacial score (nSPS) is 25.2. The Bertz CT molecular complexity index is 672. The lowest BCUT2D eigenvalue weighted by molar-refractivity contribution is 0.126. The Morgan fingerprint density at radius 2 is 1.81 bits per heavy atom. The smallest absolute Gasteiger partial charge is 0.193 e. The number of nitrogens with one attached hydrogen (secondary N) is 1. The maximum absolute atomic E-state index is 5.66. The van der Waals surface area contributed by atoms with Crippen LogP contribution in [0.2, 0.25) is 0 Å². The largest absolute Gasteiger partial charge is 0.381 e. The van der Waals surface area contributed by atoms with Crippen molar-refractivity contribution in [3.8, 4) is 0 Å². The predicted molar refractivity (Wildman–Crippen MR) is 138 cm³/mol. The Hall–Kier alpha value is -0.900. The lowest BCUT2D eigenvalue weighted by atomic mass is 9.87. The van der Waals surface area contributed by atoms with Crippen LogP contribution in [-0.2, 0) is 11.3 Å². The first-order valence-corrected chi connectivity index (χ1v) is 11.8. The number of ether oxygens (including phenoxy) is 1. The standard InChI is InChI=1S/C24H39N5O.HI/c1-25-23(29-13-9-24(20-29)10-18-30-21-24)26-11-5-6-12-27-14-16-28(17-15-27)19-22-7-3-2-4-8-22;/h2-4,7-8H,5-6,9-21H2,1H3,(H,25,26);1H. The summed E-state index contributed by atoms with van der Waals surface area (Å²) in [5.74, 6) is 1.08. The average Bonchev–Trinajstić information content (AvgIpc) is 3.42. The van der Waals surface area contributed by atoms with Crippen molar-refractivity contribution in [2.75, 3.05) is 72.6 Å². The number of hydrogen-bond acceptors (Lipinski definition) is 4. The number of guanidine groups is 1.